The van der Waals surface area contributed by atoms with Gasteiger partial charge in [0.1, 0.15) is 6.26 Å². The minimum Gasteiger partial charge on any atom is -0.444 e. The molecule has 128 valence electrons. The maximum Gasteiger partial charge on any atom is 0.226 e. The number of rotatable bonds is 6. The number of aromatic nitrogens is 1. The summed E-state index contributed by atoms with van der Waals surface area (Å²) in [5, 5.41) is 7.03. The van der Waals surface area contributed by atoms with Crippen LogP contribution >= 0.6 is 11.6 Å². The number of oxazole rings is 1. The highest BCUT2D eigenvalue weighted by molar-refractivity contribution is 6.30. The number of carbonyl (C=O) groups is 1. The van der Waals surface area contributed by atoms with Crippen LogP contribution in [-0.2, 0) is 11.2 Å². The van der Waals surface area contributed by atoms with Crippen LogP contribution in [0.5, 0.6) is 0 Å². The van der Waals surface area contributed by atoms with Crippen LogP contribution in [0.4, 0.5) is 0 Å². The molecule has 1 aromatic carbocycles. The van der Waals surface area contributed by atoms with Gasteiger partial charge >= 0.3 is 0 Å². The fourth-order valence-electron chi connectivity index (χ4n) is 2.93. The lowest BCUT2D eigenvalue weighted by atomic mass is 9.96. The van der Waals surface area contributed by atoms with Crippen LogP contribution in [0.1, 0.15) is 25.0 Å². The van der Waals surface area contributed by atoms with Gasteiger partial charge in [-0.25, -0.2) is 4.98 Å². The molecule has 2 N–H and O–H groups in total. The first-order chi connectivity index (χ1) is 11.7. The molecule has 1 amide bonds. The van der Waals surface area contributed by atoms with Crippen molar-refractivity contribution in [1.82, 2.24) is 15.6 Å². The number of hydrogen-bond acceptors (Lipinski definition) is 4. The summed E-state index contributed by atoms with van der Waals surface area (Å²) in [6, 6.07) is 7.26. The first kappa shape index (κ1) is 17.0. The van der Waals surface area contributed by atoms with E-state index < -0.39 is 0 Å². The van der Waals surface area contributed by atoms with Gasteiger partial charge in [0, 0.05) is 17.1 Å². The Morgan fingerprint density at radius 3 is 2.96 bits per heavy atom. The van der Waals surface area contributed by atoms with Crippen molar-refractivity contribution in [3.63, 3.8) is 0 Å². The fraction of sp³-hybridized carbons (Fsp3) is 0.444. The van der Waals surface area contributed by atoms with Crippen molar-refractivity contribution in [2.24, 2.45) is 5.92 Å². The van der Waals surface area contributed by atoms with Gasteiger partial charge in [-0.1, -0.05) is 11.6 Å². The number of benzene rings is 1. The summed E-state index contributed by atoms with van der Waals surface area (Å²) in [5.41, 5.74) is 1.48. The number of nitrogens with zero attached hydrogens (tertiary/aromatic N) is 1. The molecule has 1 aliphatic rings. The van der Waals surface area contributed by atoms with Crippen molar-refractivity contribution in [1.29, 1.82) is 0 Å². The lowest BCUT2D eigenvalue weighted by Gasteiger charge is -2.22. The van der Waals surface area contributed by atoms with E-state index >= 15 is 0 Å². The van der Waals surface area contributed by atoms with Gasteiger partial charge in [0.05, 0.1) is 12.1 Å². The van der Waals surface area contributed by atoms with Gasteiger partial charge < -0.3 is 15.1 Å². The standard InChI is InChI=1S/C18H22ClN3O2/c19-15-5-3-14(4-6-15)18-22-16(12-24-18)10-17(23)21-9-7-13-2-1-8-20-11-13/h3-6,12-13,20H,1-2,7-11H2,(H,21,23)/t13-/m0/s1. The molecule has 0 unspecified atom stereocenters. The summed E-state index contributed by atoms with van der Waals surface area (Å²) in [5.74, 6) is 1.15. The van der Waals surface area contributed by atoms with E-state index in [0.29, 0.717) is 29.1 Å². The predicted octanol–water partition coefficient (Wildman–Crippen LogP) is 3.04. The molecule has 1 saturated heterocycles. The van der Waals surface area contributed by atoms with Crippen molar-refractivity contribution in [3.05, 3.63) is 41.2 Å². The van der Waals surface area contributed by atoms with E-state index in [1.807, 2.05) is 12.1 Å². The van der Waals surface area contributed by atoms with E-state index in [2.05, 4.69) is 15.6 Å². The quantitative estimate of drug-likeness (QED) is 0.842. The number of nitrogens with one attached hydrogen (secondary N) is 2. The molecule has 1 atom stereocenters. The van der Waals surface area contributed by atoms with E-state index in [9.17, 15) is 4.79 Å². The summed E-state index contributed by atoms with van der Waals surface area (Å²) < 4.78 is 5.45. The molecule has 0 aliphatic carbocycles. The summed E-state index contributed by atoms with van der Waals surface area (Å²) >= 11 is 5.87. The Kier molecular flexibility index (Phi) is 5.88. The van der Waals surface area contributed by atoms with E-state index in [1.165, 1.54) is 19.1 Å². The summed E-state index contributed by atoms with van der Waals surface area (Å²) in [4.78, 5) is 16.4. The van der Waals surface area contributed by atoms with Gasteiger partial charge in [-0.2, -0.15) is 0 Å². The molecule has 5 nitrogen and oxygen atoms in total. The molecular formula is C18H22ClN3O2. The molecule has 0 spiro atoms. The molecule has 24 heavy (non-hydrogen) atoms. The van der Waals surface area contributed by atoms with Crippen LogP contribution in [0.15, 0.2) is 34.9 Å². The van der Waals surface area contributed by atoms with Gasteiger partial charge in [0.15, 0.2) is 0 Å². The van der Waals surface area contributed by atoms with Crippen molar-refractivity contribution in [2.45, 2.75) is 25.7 Å². The Bertz CT molecular complexity index is 663. The monoisotopic (exact) mass is 347 g/mol. The Morgan fingerprint density at radius 1 is 1.38 bits per heavy atom. The molecule has 3 rings (SSSR count). The highest BCUT2D eigenvalue weighted by Gasteiger charge is 2.14. The highest BCUT2D eigenvalue weighted by atomic mass is 35.5. The molecule has 6 heteroatoms. The zero-order chi connectivity index (χ0) is 16.8. The van der Waals surface area contributed by atoms with Crippen LogP contribution in [0.2, 0.25) is 5.02 Å². The number of halogens is 1. The number of piperidine rings is 1. The van der Waals surface area contributed by atoms with Crippen molar-refractivity contribution >= 4 is 17.5 Å². The second-order valence-electron chi connectivity index (χ2n) is 6.18. The highest BCUT2D eigenvalue weighted by Crippen LogP contribution is 2.21. The average Bonchev–Trinajstić information content (AvgIpc) is 3.05. The first-order valence-corrected chi connectivity index (χ1v) is 8.76. The topological polar surface area (TPSA) is 67.2 Å². The molecule has 1 aliphatic heterocycles. The predicted molar refractivity (Wildman–Crippen MR) is 93.9 cm³/mol. The minimum atomic E-state index is -0.0188. The van der Waals surface area contributed by atoms with Crippen LogP contribution in [0.25, 0.3) is 11.5 Å². The normalized spacial score (nSPS) is 17.6. The SMILES string of the molecule is O=C(Cc1coc(-c2ccc(Cl)cc2)n1)NCC[C@@H]1CCCNC1. The average molecular weight is 348 g/mol. The smallest absolute Gasteiger partial charge is 0.226 e. The zero-order valence-electron chi connectivity index (χ0n) is 13.6. The Hall–Kier alpha value is -1.85. The summed E-state index contributed by atoms with van der Waals surface area (Å²) in [6.07, 6.45) is 5.27. The molecule has 1 fully saturated rings. The molecule has 2 heterocycles. The van der Waals surface area contributed by atoms with Crippen LogP contribution in [0, 0.1) is 5.92 Å². The second-order valence-corrected chi connectivity index (χ2v) is 6.62. The van der Waals surface area contributed by atoms with Gasteiger partial charge in [-0.05, 0) is 62.5 Å². The minimum absolute atomic E-state index is 0.0188. The number of hydrogen-bond donors (Lipinski definition) is 2. The Morgan fingerprint density at radius 2 is 2.21 bits per heavy atom. The third-order valence-electron chi connectivity index (χ3n) is 4.26. The van der Waals surface area contributed by atoms with Gasteiger partial charge in [-0.15, -0.1) is 0 Å². The van der Waals surface area contributed by atoms with E-state index in [4.69, 9.17) is 16.0 Å². The first-order valence-electron chi connectivity index (χ1n) is 8.38. The maximum absolute atomic E-state index is 12.0. The van der Waals surface area contributed by atoms with Crippen molar-refractivity contribution in [3.8, 4) is 11.5 Å². The van der Waals surface area contributed by atoms with Crippen LogP contribution < -0.4 is 10.6 Å². The molecular weight excluding hydrogens is 326 g/mol. The summed E-state index contributed by atoms with van der Waals surface area (Å²) in [7, 11) is 0. The van der Waals surface area contributed by atoms with E-state index in [0.717, 1.165) is 25.1 Å². The largest absolute Gasteiger partial charge is 0.444 e. The summed E-state index contributed by atoms with van der Waals surface area (Å²) in [6.45, 7) is 2.89. The molecule has 0 saturated carbocycles. The Balaban J connectivity index is 1.45. The molecule has 0 radical (unpaired) electrons. The van der Waals surface area contributed by atoms with E-state index in [-0.39, 0.29) is 12.3 Å². The van der Waals surface area contributed by atoms with Gasteiger partial charge in [-0.3, -0.25) is 4.79 Å². The maximum atomic E-state index is 12.0. The fourth-order valence-corrected chi connectivity index (χ4v) is 3.05. The molecule has 0 bridgehead atoms. The second kappa shape index (κ2) is 8.31. The van der Waals surface area contributed by atoms with Crippen LogP contribution in [-0.4, -0.2) is 30.5 Å². The lowest BCUT2D eigenvalue weighted by molar-refractivity contribution is -0.120. The molecule has 2 aromatic rings. The third kappa shape index (κ3) is 4.82. The van der Waals surface area contributed by atoms with Gasteiger partial charge in [0.2, 0.25) is 11.8 Å². The zero-order valence-corrected chi connectivity index (χ0v) is 14.3. The van der Waals surface area contributed by atoms with E-state index in [1.54, 1.807) is 12.1 Å². The Labute approximate surface area is 146 Å². The lowest BCUT2D eigenvalue weighted by Crippen LogP contribution is -2.33. The van der Waals surface area contributed by atoms with Gasteiger partial charge in [0.25, 0.3) is 0 Å². The van der Waals surface area contributed by atoms with Crippen LogP contribution in [0.3, 0.4) is 0 Å². The van der Waals surface area contributed by atoms with Crippen molar-refractivity contribution in [2.75, 3.05) is 19.6 Å². The number of amides is 1. The number of carbonyl (C=O) groups excluding carboxylic acids is 1. The third-order valence-corrected chi connectivity index (χ3v) is 4.51. The van der Waals surface area contributed by atoms with Crippen molar-refractivity contribution < 1.29 is 9.21 Å². The molecule has 1 aromatic heterocycles.